The Bertz CT molecular complexity index is 7500. The lowest BCUT2D eigenvalue weighted by Gasteiger charge is -2.32. The number of nitrogens with zero attached hydrogens (tertiary/aromatic N) is 6. The van der Waals surface area contributed by atoms with Gasteiger partial charge in [-0.1, -0.05) is 235 Å². The van der Waals surface area contributed by atoms with Crippen LogP contribution in [0.3, 0.4) is 0 Å². The Morgan fingerprint density at radius 3 is 0.589 bits per heavy atom. The highest BCUT2D eigenvalue weighted by molar-refractivity contribution is 6.46. The molecule has 6 aliphatic heterocycles. The first kappa shape index (κ1) is 101. The molecule has 0 aliphatic carbocycles. The number of hydrogen-bond acceptors (Lipinski definition) is 12. The molecule has 0 saturated heterocycles. The molecule has 6 heterocycles. The number of imide groups is 6. The van der Waals surface area contributed by atoms with Gasteiger partial charge in [0.15, 0.2) is 0 Å². The number of fused-ring (bicyclic) bond motifs is 6. The first-order chi connectivity index (χ1) is 70.4. The quantitative estimate of drug-likeness (QED) is 0.0116. The van der Waals surface area contributed by atoms with Gasteiger partial charge in [0.1, 0.15) is 46.5 Å². The van der Waals surface area contributed by atoms with Crippen molar-refractivity contribution in [2.24, 2.45) is 23.7 Å². The van der Waals surface area contributed by atoms with Crippen molar-refractivity contribution >= 4 is 200 Å². The van der Waals surface area contributed by atoms with E-state index in [0.717, 1.165) is 218 Å². The number of halogens is 8. The molecule has 4 atom stereocenters. The Balaban J connectivity index is 0.000000138. The lowest BCUT2D eigenvalue weighted by Crippen LogP contribution is -2.43. The average Bonchev–Trinajstić information content (AvgIpc) is 0.680. The third kappa shape index (κ3) is 16.3. The van der Waals surface area contributed by atoms with E-state index in [1.165, 1.54) is 26.8 Å². The molecular weight excluding hydrogens is 1870 g/mol. The maximum absolute atomic E-state index is 16.5. The summed E-state index contributed by atoms with van der Waals surface area (Å²) in [5.74, 6) is -13.6. The summed E-state index contributed by atoms with van der Waals surface area (Å²) in [6.45, 7) is 21.8. The van der Waals surface area contributed by atoms with Crippen LogP contribution in [0.1, 0.15) is 373 Å². The second-order valence-electron chi connectivity index (χ2n) is 41.0. The zero-order chi connectivity index (χ0) is 103. The van der Waals surface area contributed by atoms with Gasteiger partial charge < -0.3 is 0 Å². The first-order valence-corrected chi connectivity index (χ1v) is 52.8. The van der Waals surface area contributed by atoms with Crippen molar-refractivity contribution in [1.29, 1.82) is 0 Å². The van der Waals surface area contributed by atoms with Gasteiger partial charge in [-0.3, -0.25) is 86.9 Å². The minimum Gasteiger partial charge on any atom is -0.274 e. The molecule has 0 spiro atoms. The van der Waals surface area contributed by atoms with Crippen molar-refractivity contribution in [2.45, 2.75) is 249 Å². The van der Waals surface area contributed by atoms with Gasteiger partial charge in [-0.15, -0.1) is 0 Å². The minimum atomic E-state index is -1.07. The molecule has 15 aromatic carbocycles. The summed E-state index contributed by atoms with van der Waals surface area (Å²) in [6.07, 6.45) is 25.4. The Morgan fingerprint density at radius 2 is 0.356 bits per heavy atom. The van der Waals surface area contributed by atoms with Crippen LogP contribution in [0, 0.1) is 70.2 Å². The predicted octanol–water partition coefficient (Wildman–Crippen LogP) is 29.5. The molecular formula is C120H118F8N6O12. The highest BCUT2D eigenvalue weighted by Gasteiger charge is 2.47. The molecule has 756 valence electrons. The topological polar surface area (TPSA) is 224 Å². The number of carbonyl (C=O) groups excluding carboxylic acids is 12. The van der Waals surface area contributed by atoms with Crippen molar-refractivity contribution in [3.8, 4) is 0 Å². The Hall–Kier alpha value is -13.5. The molecule has 0 saturated carbocycles. The molecule has 18 nitrogen and oxygen atoms in total. The van der Waals surface area contributed by atoms with Crippen molar-refractivity contribution in [1.82, 2.24) is 29.4 Å². The maximum atomic E-state index is 16.5. The average molecular weight is 1990 g/mol. The lowest BCUT2D eigenvalue weighted by atomic mass is 9.81. The number of amides is 12. The fourth-order valence-corrected chi connectivity index (χ4v) is 24.4. The van der Waals surface area contributed by atoms with Crippen LogP contribution in [0.2, 0.25) is 0 Å². The van der Waals surface area contributed by atoms with Crippen LogP contribution in [0.25, 0.3) is 129 Å². The molecule has 146 heavy (non-hydrogen) atoms. The van der Waals surface area contributed by atoms with Gasteiger partial charge in [0, 0.05) is 164 Å². The van der Waals surface area contributed by atoms with E-state index < -0.39 is 139 Å². The predicted molar refractivity (Wildman–Crippen MR) is 555 cm³/mol. The molecule has 0 radical (unpaired) electrons. The van der Waals surface area contributed by atoms with Gasteiger partial charge in [0.2, 0.25) is 0 Å². The number of hydrogen-bond donors (Lipinski definition) is 0. The van der Waals surface area contributed by atoms with E-state index in [9.17, 15) is 57.5 Å². The van der Waals surface area contributed by atoms with E-state index in [1.54, 1.807) is 48.5 Å². The largest absolute Gasteiger partial charge is 0.274 e. The van der Waals surface area contributed by atoms with Gasteiger partial charge in [-0.25, -0.2) is 35.1 Å². The van der Waals surface area contributed by atoms with Crippen molar-refractivity contribution < 1.29 is 92.7 Å². The van der Waals surface area contributed by atoms with Gasteiger partial charge in [0.25, 0.3) is 70.9 Å². The Labute approximate surface area is 839 Å². The van der Waals surface area contributed by atoms with E-state index in [1.807, 2.05) is 20.8 Å². The number of benzene rings is 15. The molecule has 0 N–H and O–H groups in total. The second kappa shape index (κ2) is 40.7. The molecule has 4 unspecified atom stereocenters. The van der Waals surface area contributed by atoms with E-state index in [-0.39, 0.29) is 166 Å². The third-order valence-corrected chi connectivity index (χ3v) is 32.2. The number of carbonyl (C=O) groups is 12. The first-order valence-electron chi connectivity index (χ1n) is 52.8. The highest BCUT2D eigenvalue weighted by atomic mass is 19.2. The molecule has 15 aromatic rings. The van der Waals surface area contributed by atoms with Gasteiger partial charge in [-0.05, 0) is 162 Å². The molecule has 21 rings (SSSR count). The standard InChI is InChI=1S/C40H38F4N2O4.2C40H40F2N2O4/c1-3-5-7-9-11-13-15-45-37(47)21-17-25(41)31-33-27(43)19-23-30-24(40(50)46(39(23)49)16-14-12-10-8-6-4-2)20-28(44)34(36(30)33)32-26(42)18-22(38(45)48)29(21)35(31)32;1-5-9-11-21(7-3)19-43-37(45)25-15-13-23-34-30(42)18-28-32-26(38(46)44(40(28)48)20-22(8-4)12-10-6-2)16-14-24(36(32)34)33-29(41)17-27(39(43)47)31(25)35(23)33;1-5-9-11-21(7-3)19-43-37(45)25-15-13-23-31-24(14-16-26(32(25)31)38(43)46)35-30(42)18-28-33-27(17-29(41)34(23)36(33)35)39(47)44(40(28)48)20-22(8-4)12-10-6-2/h17-20H,3-16H2,1-2H3;2*13-18,21-22H,5-12,19-20H2,1-4H3. The summed E-state index contributed by atoms with van der Waals surface area (Å²) >= 11 is 0. The molecule has 26 heteroatoms. The third-order valence-electron chi connectivity index (χ3n) is 32.2. The van der Waals surface area contributed by atoms with Crippen LogP contribution in [0.4, 0.5) is 35.1 Å². The number of unbranched alkanes of at least 4 members (excludes halogenated alkanes) is 14. The maximum Gasteiger partial charge on any atom is 0.261 e. The summed E-state index contributed by atoms with van der Waals surface area (Å²) in [4.78, 5) is 173. The van der Waals surface area contributed by atoms with Gasteiger partial charge >= 0.3 is 0 Å². The zero-order valence-corrected chi connectivity index (χ0v) is 84.2. The summed E-state index contributed by atoms with van der Waals surface area (Å²) in [6, 6.07) is 21.3. The van der Waals surface area contributed by atoms with Crippen LogP contribution in [0.5, 0.6) is 0 Å². The lowest BCUT2D eigenvalue weighted by molar-refractivity contribution is 0.0565. The zero-order valence-electron chi connectivity index (χ0n) is 84.2. The smallest absolute Gasteiger partial charge is 0.261 e. The van der Waals surface area contributed by atoms with Crippen LogP contribution in [0.15, 0.2) is 97.1 Å². The monoisotopic (exact) mass is 1990 g/mol. The summed E-state index contributed by atoms with van der Waals surface area (Å²) < 4.78 is 131. The van der Waals surface area contributed by atoms with Gasteiger partial charge in [-0.2, -0.15) is 0 Å². The fourth-order valence-electron chi connectivity index (χ4n) is 24.4. The van der Waals surface area contributed by atoms with Crippen LogP contribution < -0.4 is 0 Å². The molecule has 0 fully saturated rings. The summed E-state index contributed by atoms with van der Waals surface area (Å²) in [5, 5.41) is 1.75. The summed E-state index contributed by atoms with van der Waals surface area (Å²) in [5.41, 5.74) is 0.628. The molecule has 12 amide bonds. The Kier molecular flexibility index (Phi) is 28.2. The SMILES string of the molecule is CCCCC(CC)CN1C(=O)c2ccc3c4c(F)cc5c6c(cc(F)c(c7ccc(c2c37)C1=O)c64)C(=O)N(CC(CC)CCCC)C5=O.CCCCC(CC)CN1C(=O)c2ccc3c4c(F)cc5c6c(ccc(c7c(F)cc(c2c37)C1=O)c64)C(=O)N(CC(CC)CCCC)C5=O.CCCCCCCCN1C(=O)c2cc(F)c3c4c(F)cc5c6c(cc(F)c(c7c(F)cc(c2c37)C1=O)c64)C(=O)N(CCCCCCCC)C5=O. The number of rotatable bonds is 38. The van der Waals surface area contributed by atoms with E-state index in [0.29, 0.717) is 84.4 Å². The second-order valence-corrected chi connectivity index (χ2v) is 41.0. The van der Waals surface area contributed by atoms with Crippen LogP contribution in [-0.2, 0) is 0 Å². The van der Waals surface area contributed by atoms with Crippen molar-refractivity contribution in [3.05, 3.63) is 210 Å². The fraction of sp³-hybridized carbons (Fsp3) is 0.400. The van der Waals surface area contributed by atoms with Crippen LogP contribution >= 0.6 is 0 Å². The van der Waals surface area contributed by atoms with Crippen LogP contribution in [-0.4, -0.2) is 140 Å². The molecule has 0 bridgehead atoms. The van der Waals surface area contributed by atoms with E-state index in [4.69, 9.17) is 0 Å². The van der Waals surface area contributed by atoms with E-state index in [2.05, 4.69) is 48.5 Å². The summed E-state index contributed by atoms with van der Waals surface area (Å²) in [7, 11) is 0. The van der Waals surface area contributed by atoms with Crippen molar-refractivity contribution in [2.75, 3.05) is 39.3 Å². The Morgan fingerprint density at radius 1 is 0.178 bits per heavy atom. The highest BCUT2D eigenvalue weighted by Crippen LogP contribution is 2.55. The minimum absolute atomic E-state index is 0.0380. The van der Waals surface area contributed by atoms with Gasteiger partial charge in [0.05, 0.1) is 44.5 Å². The molecule has 6 aliphatic rings. The normalized spacial score (nSPS) is 15.5. The van der Waals surface area contributed by atoms with E-state index >= 15 is 35.1 Å². The van der Waals surface area contributed by atoms with Crippen molar-refractivity contribution in [3.63, 3.8) is 0 Å². The molecule has 0 aromatic heterocycles.